The third-order valence-corrected chi connectivity index (χ3v) is 4.49. The molecule has 1 heterocycles. The van der Waals surface area contributed by atoms with Crippen molar-refractivity contribution in [2.75, 3.05) is 13.6 Å². The quantitative estimate of drug-likeness (QED) is 0.555. The van der Waals surface area contributed by atoms with Gasteiger partial charge in [-0.2, -0.15) is 0 Å². The lowest BCUT2D eigenvalue weighted by molar-refractivity contribution is 0.301. The maximum Gasteiger partial charge on any atom is 0.130 e. The predicted octanol–water partition coefficient (Wildman–Crippen LogP) is 5.08. The first-order chi connectivity index (χ1) is 13.2. The van der Waals surface area contributed by atoms with Crippen molar-refractivity contribution in [2.24, 2.45) is 4.99 Å². The Hall–Kier alpha value is -2.69. The first-order valence-corrected chi connectivity index (χ1v) is 9.16. The number of aromatic nitrogens is 1. The van der Waals surface area contributed by atoms with Crippen LogP contribution in [0.15, 0.2) is 65.8 Å². The molecule has 5 heteroatoms. The first-order valence-electron chi connectivity index (χ1n) is 8.78. The van der Waals surface area contributed by atoms with Crippen molar-refractivity contribution in [3.8, 4) is 16.9 Å². The monoisotopic (exact) mass is 379 g/mol. The molecule has 0 spiro atoms. The molecule has 0 amide bonds. The van der Waals surface area contributed by atoms with E-state index in [4.69, 9.17) is 16.3 Å². The third kappa shape index (κ3) is 4.94. The van der Waals surface area contributed by atoms with Gasteiger partial charge in [0, 0.05) is 16.8 Å². The van der Waals surface area contributed by atoms with Crippen LogP contribution in [0.4, 0.5) is 5.69 Å². The van der Waals surface area contributed by atoms with Gasteiger partial charge in [-0.05, 0) is 80.3 Å². The van der Waals surface area contributed by atoms with Gasteiger partial charge in [0.1, 0.15) is 12.4 Å². The summed E-state index contributed by atoms with van der Waals surface area (Å²) >= 11 is 6.22. The number of nitrogens with one attached hydrogen (secondary N) is 1. The Morgan fingerprint density at radius 3 is 2.74 bits per heavy atom. The summed E-state index contributed by atoms with van der Waals surface area (Å²) in [6.45, 7) is 4.98. The maximum atomic E-state index is 6.22. The number of aliphatic imine (C=N–C) groups is 1. The average Bonchev–Trinajstić information content (AvgIpc) is 2.71. The summed E-state index contributed by atoms with van der Waals surface area (Å²) in [5.74, 6) is 0.762. The highest BCUT2D eigenvalue weighted by Crippen LogP contribution is 2.36. The summed E-state index contributed by atoms with van der Waals surface area (Å²) in [5, 5.41) is 3.90. The van der Waals surface area contributed by atoms with Crippen molar-refractivity contribution in [3.63, 3.8) is 0 Å². The zero-order valence-corrected chi connectivity index (χ0v) is 16.0. The van der Waals surface area contributed by atoms with Gasteiger partial charge in [0.05, 0.1) is 11.4 Å². The Morgan fingerprint density at radius 2 is 2.00 bits per heavy atom. The van der Waals surface area contributed by atoms with Crippen molar-refractivity contribution in [1.29, 1.82) is 0 Å². The summed E-state index contributed by atoms with van der Waals surface area (Å²) in [5.41, 5.74) is 4.91. The van der Waals surface area contributed by atoms with Gasteiger partial charge in [0.15, 0.2) is 0 Å². The van der Waals surface area contributed by atoms with Crippen molar-refractivity contribution in [2.45, 2.75) is 13.0 Å². The zero-order chi connectivity index (χ0) is 19.1. The van der Waals surface area contributed by atoms with Gasteiger partial charge in [-0.3, -0.25) is 9.98 Å². The summed E-state index contributed by atoms with van der Waals surface area (Å²) < 4.78 is 5.94. The van der Waals surface area contributed by atoms with Gasteiger partial charge in [0.25, 0.3) is 0 Å². The highest BCUT2D eigenvalue weighted by Gasteiger charge is 2.12. The molecule has 1 N–H and O–H groups in total. The number of hydrogen-bond acceptors (Lipinski definition) is 4. The van der Waals surface area contributed by atoms with E-state index in [0.29, 0.717) is 6.61 Å². The van der Waals surface area contributed by atoms with Crippen LogP contribution >= 0.6 is 11.6 Å². The van der Waals surface area contributed by atoms with Crippen LogP contribution in [-0.2, 0) is 13.0 Å². The Bertz CT molecular complexity index is 913. The lowest BCUT2D eigenvalue weighted by Crippen LogP contribution is -2.11. The fourth-order valence-corrected chi connectivity index (χ4v) is 3.09. The molecule has 1 aromatic heterocycles. The van der Waals surface area contributed by atoms with E-state index in [-0.39, 0.29) is 0 Å². The van der Waals surface area contributed by atoms with Crippen LogP contribution in [0.25, 0.3) is 11.1 Å². The molecule has 138 valence electrons. The first kappa shape index (κ1) is 19.1. The Morgan fingerprint density at radius 1 is 1.11 bits per heavy atom. The van der Waals surface area contributed by atoms with Crippen molar-refractivity contribution in [3.05, 3.63) is 77.1 Å². The summed E-state index contributed by atoms with van der Waals surface area (Å²) in [6.07, 6.45) is 2.62. The van der Waals surface area contributed by atoms with E-state index < -0.39 is 0 Å². The van der Waals surface area contributed by atoms with Gasteiger partial charge in [-0.15, -0.1) is 0 Å². The van der Waals surface area contributed by atoms with E-state index in [1.165, 1.54) is 0 Å². The molecule has 0 aliphatic rings. The smallest absolute Gasteiger partial charge is 0.130 e. The Labute approximate surface area is 164 Å². The highest BCUT2D eigenvalue weighted by atomic mass is 35.5. The number of halogens is 1. The second-order valence-corrected chi connectivity index (χ2v) is 6.54. The molecular formula is C22H22ClN3O. The van der Waals surface area contributed by atoms with Crippen molar-refractivity contribution in [1.82, 2.24) is 10.3 Å². The van der Waals surface area contributed by atoms with E-state index in [9.17, 15) is 0 Å². The van der Waals surface area contributed by atoms with E-state index in [2.05, 4.69) is 22.0 Å². The number of rotatable bonds is 8. The Balaban J connectivity index is 1.93. The predicted molar refractivity (Wildman–Crippen MR) is 112 cm³/mol. The lowest BCUT2D eigenvalue weighted by atomic mass is 9.96. The molecule has 0 fully saturated rings. The third-order valence-electron chi connectivity index (χ3n) is 4.25. The van der Waals surface area contributed by atoms with Gasteiger partial charge in [0.2, 0.25) is 0 Å². The van der Waals surface area contributed by atoms with E-state index >= 15 is 0 Å². The van der Waals surface area contributed by atoms with Gasteiger partial charge in [-0.1, -0.05) is 23.7 Å². The van der Waals surface area contributed by atoms with Gasteiger partial charge >= 0.3 is 0 Å². The topological polar surface area (TPSA) is 46.5 Å². The van der Waals surface area contributed by atoms with Gasteiger partial charge < -0.3 is 10.1 Å². The second kappa shape index (κ2) is 9.31. The number of ether oxygens (including phenoxy) is 1. The van der Waals surface area contributed by atoms with E-state index in [1.54, 1.807) is 6.20 Å². The minimum atomic E-state index is 0.411. The molecule has 0 aliphatic carbocycles. The molecule has 27 heavy (non-hydrogen) atoms. The van der Waals surface area contributed by atoms with E-state index in [0.717, 1.165) is 51.8 Å². The summed E-state index contributed by atoms with van der Waals surface area (Å²) in [4.78, 5) is 8.47. The number of nitrogens with zero attached hydrogens (tertiary/aromatic N) is 2. The Kier molecular flexibility index (Phi) is 6.58. The molecule has 0 atom stereocenters. The largest absolute Gasteiger partial charge is 0.487 e. The zero-order valence-electron chi connectivity index (χ0n) is 15.3. The minimum absolute atomic E-state index is 0.411. The maximum absolute atomic E-state index is 6.22. The number of pyridine rings is 1. The van der Waals surface area contributed by atoms with Crippen molar-refractivity contribution < 1.29 is 4.74 Å². The molecule has 0 aliphatic heterocycles. The van der Waals surface area contributed by atoms with Crippen LogP contribution in [0.3, 0.4) is 0 Å². The molecular weight excluding hydrogens is 358 g/mol. The molecule has 0 saturated carbocycles. The standard InChI is InChI=1S/C22H22ClN3O/c1-24-12-10-16-13-17(23)6-8-20(16)21-14-19(7-9-22(21)25-2)27-15-18-5-3-4-11-26-18/h3-9,11,13-14,24H,2,10,12,15H2,1H3. The normalized spacial score (nSPS) is 10.6. The summed E-state index contributed by atoms with van der Waals surface area (Å²) in [7, 11) is 1.94. The number of hydrogen-bond donors (Lipinski definition) is 1. The second-order valence-electron chi connectivity index (χ2n) is 6.10. The number of likely N-dealkylation sites (N-methyl/N-ethyl adjacent to an activating group) is 1. The SMILES string of the molecule is C=Nc1ccc(OCc2ccccn2)cc1-c1ccc(Cl)cc1CCNC. The molecule has 0 saturated heterocycles. The fraction of sp³-hybridized carbons (Fsp3) is 0.182. The molecule has 3 aromatic rings. The van der Waals surface area contributed by atoms with Crippen molar-refractivity contribution >= 4 is 24.0 Å². The lowest BCUT2D eigenvalue weighted by Gasteiger charge is -2.14. The number of benzene rings is 2. The van der Waals surface area contributed by atoms with Crippen LogP contribution in [0.1, 0.15) is 11.3 Å². The molecule has 0 radical (unpaired) electrons. The van der Waals surface area contributed by atoms with Crippen LogP contribution < -0.4 is 10.1 Å². The molecule has 4 nitrogen and oxygen atoms in total. The minimum Gasteiger partial charge on any atom is -0.487 e. The van der Waals surface area contributed by atoms with Crippen LogP contribution in [0, 0.1) is 0 Å². The molecule has 3 rings (SSSR count). The van der Waals surface area contributed by atoms with Crippen LogP contribution in [-0.4, -0.2) is 25.3 Å². The van der Waals surface area contributed by atoms with Crippen LogP contribution in [0.5, 0.6) is 5.75 Å². The average molecular weight is 380 g/mol. The fourth-order valence-electron chi connectivity index (χ4n) is 2.89. The molecule has 0 bridgehead atoms. The molecule has 2 aromatic carbocycles. The molecule has 0 unspecified atom stereocenters. The van der Waals surface area contributed by atoms with Crippen LogP contribution in [0.2, 0.25) is 5.02 Å². The van der Waals surface area contributed by atoms with E-state index in [1.807, 2.05) is 61.6 Å². The highest BCUT2D eigenvalue weighted by molar-refractivity contribution is 6.30. The van der Waals surface area contributed by atoms with Gasteiger partial charge in [-0.25, -0.2) is 0 Å². The summed E-state index contributed by atoms with van der Waals surface area (Å²) in [6, 6.07) is 17.5.